The second-order valence-corrected chi connectivity index (χ2v) is 7.13. The van der Waals surface area contributed by atoms with E-state index in [4.69, 9.17) is 0 Å². The fourth-order valence-electron chi connectivity index (χ4n) is 3.26. The van der Waals surface area contributed by atoms with Gasteiger partial charge in [0, 0.05) is 25.5 Å². The molecule has 2 aromatic rings. The lowest BCUT2D eigenvalue weighted by molar-refractivity contribution is -0.125. The third kappa shape index (κ3) is 3.85. The summed E-state index contributed by atoms with van der Waals surface area (Å²) in [7, 11) is 0. The van der Waals surface area contributed by atoms with Gasteiger partial charge in [-0.15, -0.1) is 0 Å². The molecule has 2 heterocycles. The molecule has 0 unspecified atom stereocenters. The Hall–Kier alpha value is -2.14. The number of nitrogens with one attached hydrogen (secondary N) is 2. The Balaban J connectivity index is 1.48. The Labute approximate surface area is 143 Å². The molecule has 0 spiro atoms. The molecule has 0 radical (unpaired) electrons. The fourth-order valence-corrected chi connectivity index (χ4v) is 3.26. The van der Waals surface area contributed by atoms with Gasteiger partial charge in [0.2, 0.25) is 5.91 Å². The van der Waals surface area contributed by atoms with Gasteiger partial charge in [0.15, 0.2) is 0 Å². The molecule has 1 saturated heterocycles. The van der Waals surface area contributed by atoms with Gasteiger partial charge in [-0.25, -0.2) is 4.98 Å². The minimum Gasteiger partial charge on any atom is -0.355 e. The molecule has 1 amide bonds. The molecular formula is C19H26N4O. The molecule has 1 aromatic heterocycles. The van der Waals surface area contributed by atoms with Gasteiger partial charge in [0.05, 0.1) is 12.0 Å². The van der Waals surface area contributed by atoms with E-state index in [2.05, 4.69) is 20.2 Å². The number of amides is 1. The maximum atomic E-state index is 12.6. The van der Waals surface area contributed by atoms with Gasteiger partial charge in [-0.05, 0) is 38.3 Å². The molecule has 3 rings (SSSR count). The molecule has 0 saturated carbocycles. The molecule has 1 atom stereocenters. The van der Waals surface area contributed by atoms with Crippen molar-refractivity contribution in [1.82, 2.24) is 20.2 Å². The summed E-state index contributed by atoms with van der Waals surface area (Å²) in [5.74, 6) is 1.61. The lowest BCUT2D eigenvalue weighted by atomic mass is 9.83. The summed E-state index contributed by atoms with van der Waals surface area (Å²) in [5.41, 5.74) is 0.543. The van der Waals surface area contributed by atoms with E-state index < -0.39 is 5.41 Å². The molecule has 0 bridgehead atoms. The van der Waals surface area contributed by atoms with Crippen molar-refractivity contribution in [2.75, 3.05) is 19.6 Å². The summed E-state index contributed by atoms with van der Waals surface area (Å²) in [6, 6.07) is 9.96. The van der Waals surface area contributed by atoms with E-state index in [9.17, 15) is 4.79 Å². The lowest BCUT2D eigenvalue weighted by Crippen LogP contribution is -2.42. The van der Waals surface area contributed by atoms with Crippen molar-refractivity contribution in [3.05, 3.63) is 54.1 Å². The largest absolute Gasteiger partial charge is 0.355 e. The molecule has 1 aromatic carbocycles. The number of aromatic nitrogens is 2. The molecule has 1 fully saturated rings. The van der Waals surface area contributed by atoms with Crippen molar-refractivity contribution in [3.8, 4) is 0 Å². The predicted molar refractivity (Wildman–Crippen MR) is 94.4 cm³/mol. The molecular weight excluding hydrogens is 300 g/mol. The molecule has 128 valence electrons. The third-order valence-corrected chi connectivity index (χ3v) is 4.91. The van der Waals surface area contributed by atoms with Gasteiger partial charge in [-0.3, -0.25) is 9.69 Å². The van der Waals surface area contributed by atoms with Crippen LogP contribution >= 0.6 is 0 Å². The average Bonchev–Trinajstić information content (AvgIpc) is 3.26. The van der Waals surface area contributed by atoms with E-state index in [1.807, 2.05) is 50.4 Å². The molecule has 24 heavy (non-hydrogen) atoms. The third-order valence-electron chi connectivity index (χ3n) is 4.91. The van der Waals surface area contributed by atoms with Crippen LogP contribution in [0.2, 0.25) is 0 Å². The normalized spacial score (nSPS) is 18.7. The summed E-state index contributed by atoms with van der Waals surface area (Å²) >= 11 is 0. The first-order chi connectivity index (χ1) is 11.6. The molecule has 1 aliphatic heterocycles. The number of carbonyl (C=O) groups is 1. The number of hydrogen-bond acceptors (Lipinski definition) is 3. The lowest BCUT2D eigenvalue weighted by Gasteiger charge is -2.25. The summed E-state index contributed by atoms with van der Waals surface area (Å²) in [6.45, 7) is 7.62. The van der Waals surface area contributed by atoms with E-state index in [-0.39, 0.29) is 5.91 Å². The quantitative estimate of drug-likeness (QED) is 0.856. The van der Waals surface area contributed by atoms with Crippen molar-refractivity contribution in [2.24, 2.45) is 5.92 Å². The van der Waals surface area contributed by atoms with Crippen molar-refractivity contribution >= 4 is 5.91 Å². The first-order valence-electron chi connectivity index (χ1n) is 8.60. The van der Waals surface area contributed by atoms with E-state index in [0.29, 0.717) is 5.92 Å². The number of rotatable bonds is 6. The monoisotopic (exact) mass is 326 g/mol. The van der Waals surface area contributed by atoms with Crippen LogP contribution < -0.4 is 5.32 Å². The van der Waals surface area contributed by atoms with Crippen molar-refractivity contribution in [1.29, 1.82) is 0 Å². The van der Waals surface area contributed by atoms with Crippen LogP contribution in [0.25, 0.3) is 0 Å². The topological polar surface area (TPSA) is 61.0 Å². The SMILES string of the molecule is CC(C)(C(=O)NC[C@H]1CCN(Cc2ncc[nH]2)C1)c1ccccc1. The van der Waals surface area contributed by atoms with Crippen molar-refractivity contribution in [3.63, 3.8) is 0 Å². The highest BCUT2D eigenvalue weighted by molar-refractivity contribution is 5.87. The zero-order valence-corrected chi connectivity index (χ0v) is 14.5. The van der Waals surface area contributed by atoms with Gasteiger partial charge >= 0.3 is 0 Å². The van der Waals surface area contributed by atoms with Crippen LogP contribution in [0.5, 0.6) is 0 Å². The number of benzene rings is 1. The molecule has 5 heteroatoms. The standard InChI is InChI=1S/C19H26N4O/c1-19(2,16-6-4-3-5-7-16)18(24)22-12-15-8-11-23(13-15)14-17-20-9-10-21-17/h3-7,9-10,15H,8,11-14H2,1-2H3,(H,20,21)(H,22,24)/t15-/m1/s1. The number of nitrogens with zero attached hydrogens (tertiary/aromatic N) is 2. The second kappa shape index (κ2) is 7.18. The number of aromatic amines is 1. The van der Waals surface area contributed by atoms with Crippen molar-refractivity contribution in [2.45, 2.75) is 32.2 Å². The predicted octanol–water partition coefficient (Wildman–Crippen LogP) is 2.33. The highest BCUT2D eigenvalue weighted by Gasteiger charge is 2.31. The van der Waals surface area contributed by atoms with E-state index in [1.54, 1.807) is 6.20 Å². The van der Waals surface area contributed by atoms with Crippen LogP contribution in [-0.2, 0) is 16.8 Å². The van der Waals surface area contributed by atoms with Crippen LogP contribution in [0.15, 0.2) is 42.7 Å². The van der Waals surface area contributed by atoms with Gasteiger partial charge in [0.25, 0.3) is 0 Å². The van der Waals surface area contributed by atoms with Crippen LogP contribution in [0.3, 0.4) is 0 Å². The van der Waals surface area contributed by atoms with Crippen LogP contribution in [0, 0.1) is 5.92 Å². The maximum Gasteiger partial charge on any atom is 0.230 e. The highest BCUT2D eigenvalue weighted by atomic mass is 16.2. The van der Waals surface area contributed by atoms with Crippen LogP contribution in [0.1, 0.15) is 31.7 Å². The Bertz CT molecular complexity index is 651. The summed E-state index contributed by atoms with van der Waals surface area (Å²) < 4.78 is 0. The van der Waals surface area contributed by atoms with E-state index >= 15 is 0 Å². The minimum absolute atomic E-state index is 0.0955. The molecule has 2 N–H and O–H groups in total. The number of imidazole rings is 1. The highest BCUT2D eigenvalue weighted by Crippen LogP contribution is 2.23. The average molecular weight is 326 g/mol. The van der Waals surface area contributed by atoms with Crippen LogP contribution in [0.4, 0.5) is 0 Å². The smallest absolute Gasteiger partial charge is 0.230 e. The summed E-state index contributed by atoms with van der Waals surface area (Å²) in [6.07, 6.45) is 4.76. The number of likely N-dealkylation sites (tertiary alicyclic amines) is 1. The Morgan fingerprint density at radius 1 is 1.38 bits per heavy atom. The van der Waals surface area contributed by atoms with E-state index in [0.717, 1.165) is 44.0 Å². The van der Waals surface area contributed by atoms with Gasteiger partial charge in [-0.2, -0.15) is 0 Å². The van der Waals surface area contributed by atoms with E-state index in [1.165, 1.54) is 0 Å². The summed E-state index contributed by atoms with van der Waals surface area (Å²) in [4.78, 5) is 22.4. The van der Waals surface area contributed by atoms with Crippen molar-refractivity contribution < 1.29 is 4.79 Å². The minimum atomic E-state index is -0.506. The molecule has 0 aliphatic carbocycles. The maximum absolute atomic E-state index is 12.6. The number of carbonyl (C=O) groups excluding carboxylic acids is 1. The zero-order valence-electron chi connectivity index (χ0n) is 14.5. The van der Waals surface area contributed by atoms with Gasteiger partial charge < -0.3 is 10.3 Å². The van der Waals surface area contributed by atoms with Crippen LogP contribution in [-0.4, -0.2) is 40.4 Å². The Morgan fingerprint density at radius 2 is 2.17 bits per heavy atom. The number of H-pyrrole nitrogens is 1. The van der Waals surface area contributed by atoms with Gasteiger partial charge in [0.1, 0.15) is 5.82 Å². The molecule has 1 aliphatic rings. The Kier molecular flexibility index (Phi) is 5.00. The van der Waals surface area contributed by atoms with Gasteiger partial charge in [-0.1, -0.05) is 30.3 Å². The fraction of sp³-hybridized carbons (Fsp3) is 0.474. The first kappa shape index (κ1) is 16.7. The Morgan fingerprint density at radius 3 is 2.88 bits per heavy atom. The number of hydrogen-bond donors (Lipinski definition) is 2. The molecule has 5 nitrogen and oxygen atoms in total. The first-order valence-corrected chi connectivity index (χ1v) is 8.60. The summed E-state index contributed by atoms with van der Waals surface area (Å²) in [5, 5.41) is 3.15. The second-order valence-electron chi connectivity index (χ2n) is 7.13. The zero-order chi connectivity index (χ0) is 17.0.